The molecule has 0 saturated heterocycles. The lowest BCUT2D eigenvalue weighted by molar-refractivity contribution is 0.289. The van der Waals surface area contributed by atoms with Gasteiger partial charge in [-0.2, -0.15) is 0 Å². The molecule has 2 unspecified atom stereocenters. The van der Waals surface area contributed by atoms with E-state index in [0.717, 1.165) is 12.8 Å². The molecule has 0 fully saturated rings. The van der Waals surface area contributed by atoms with Gasteiger partial charge >= 0.3 is 0 Å². The maximum atomic E-state index is 12.3. The summed E-state index contributed by atoms with van der Waals surface area (Å²) >= 11 is 0. The lowest BCUT2D eigenvalue weighted by Crippen LogP contribution is -2.01. The molecule has 0 aromatic heterocycles. The molecule has 2 atom stereocenters. The van der Waals surface area contributed by atoms with Gasteiger partial charge < -0.3 is 0 Å². The molecular weight excluding hydrogens is 115 g/mol. The highest BCUT2D eigenvalue weighted by atomic mass is 19.1. The Morgan fingerprint density at radius 2 is 1.89 bits per heavy atom. The largest absolute Gasteiger partial charge is 0.248 e. The van der Waals surface area contributed by atoms with E-state index in [1.54, 1.807) is 6.92 Å². The monoisotopic (exact) mass is 132 g/mol. The highest BCUT2D eigenvalue weighted by Gasteiger charge is 2.04. The Morgan fingerprint density at radius 3 is 2.22 bits per heavy atom. The van der Waals surface area contributed by atoms with Gasteiger partial charge in [0, 0.05) is 0 Å². The molecule has 0 N–H and O–H groups in total. The van der Waals surface area contributed by atoms with Gasteiger partial charge in [-0.3, -0.25) is 0 Å². The van der Waals surface area contributed by atoms with Crippen molar-refractivity contribution in [1.29, 1.82) is 0 Å². The summed E-state index contributed by atoms with van der Waals surface area (Å²) in [7, 11) is 0. The van der Waals surface area contributed by atoms with Gasteiger partial charge in [0.1, 0.15) is 0 Å². The van der Waals surface area contributed by atoms with Crippen LogP contribution in [0, 0.1) is 5.92 Å². The highest BCUT2D eigenvalue weighted by molar-refractivity contribution is 4.56. The average Bonchev–Trinajstić information content (AvgIpc) is 1.63. The van der Waals surface area contributed by atoms with Gasteiger partial charge in [0.2, 0.25) is 0 Å². The number of hydrogen-bond acceptors (Lipinski definition) is 0. The van der Waals surface area contributed by atoms with Crippen molar-refractivity contribution in [3.63, 3.8) is 0 Å². The molecule has 0 amide bonds. The van der Waals surface area contributed by atoms with Gasteiger partial charge in [-0.15, -0.1) is 0 Å². The summed E-state index contributed by atoms with van der Waals surface area (Å²) in [5.41, 5.74) is 0. The van der Waals surface area contributed by atoms with E-state index in [4.69, 9.17) is 0 Å². The van der Waals surface area contributed by atoms with E-state index in [2.05, 4.69) is 13.8 Å². The first-order valence-electron chi connectivity index (χ1n) is 3.80. The highest BCUT2D eigenvalue weighted by Crippen LogP contribution is 2.13. The second-order valence-corrected chi connectivity index (χ2v) is 2.91. The topological polar surface area (TPSA) is 0 Å². The summed E-state index contributed by atoms with van der Waals surface area (Å²) < 4.78 is 12.3. The number of halogens is 1. The predicted octanol–water partition coefficient (Wildman–Crippen LogP) is 3.17. The van der Waals surface area contributed by atoms with Gasteiger partial charge in [0.15, 0.2) is 0 Å². The molecule has 0 aliphatic heterocycles. The second-order valence-electron chi connectivity index (χ2n) is 2.91. The summed E-state index contributed by atoms with van der Waals surface area (Å²) in [5, 5.41) is 0. The fraction of sp³-hybridized carbons (Fsp3) is 1.00. The molecule has 1 heteroatoms. The average molecular weight is 132 g/mol. The SMILES string of the molecule is CCCC(C)CC(C)F. The fourth-order valence-electron chi connectivity index (χ4n) is 1.17. The molecule has 9 heavy (non-hydrogen) atoms. The molecule has 0 radical (unpaired) electrons. The van der Waals surface area contributed by atoms with Crippen LogP contribution in [0.5, 0.6) is 0 Å². The van der Waals surface area contributed by atoms with E-state index in [1.807, 2.05) is 0 Å². The summed E-state index contributed by atoms with van der Waals surface area (Å²) in [6.45, 7) is 5.88. The minimum atomic E-state index is -0.619. The van der Waals surface area contributed by atoms with Crippen molar-refractivity contribution in [2.45, 2.75) is 46.2 Å². The van der Waals surface area contributed by atoms with E-state index in [1.165, 1.54) is 6.42 Å². The second kappa shape index (κ2) is 4.78. The van der Waals surface area contributed by atoms with E-state index in [0.29, 0.717) is 5.92 Å². The molecule has 0 aromatic rings. The lowest BCUT2D eigenvalue weighted by atomic mass is 10.0. The number of hydrogen-bond donors (Lipinski definition) is 0. The van der Waals surface area contributed by atoms with Crippen LogP contribution >= 0.6 is 0 Å². The van der Waals surface area contributed by atoms with Gasteiger partial charge in [-0.25, -0.2) is 4.39 Å². The van der Waals surface area contributed by atoms with Crippen LogP contribution in [0.25, 0.3) is 0 Å². The van der Waals surface area contributed by atoms with Crippen molar-refractivity contribution in [1.82, 2.24) is 0 Å². The van der Waals surface area contributed by atoms with Crippen LogP contribution in [-0.4, -0.2) is 6.17 Å². The van der Waals surface area contributed by atoms with Crippen LogP contribution in [0.4, 0.5) is 4.39 Å². The summed E-state index contributed by atoms with van der Waals surface area (Å²) in [4.78, 5) is 0. The Morgan fingerprint density at radius 1 is 1.33 bits per heavy atom. The van der Waals surface area contributed by atoms with Crippen LogP contribution in [0.15, 0.2) is 0 Å². The van der Waals surface area contributed by atoms with Crippen molar-refractivity contribution < 1.29 is 4.39 Å². The molecule has 0 saturated carbocycles. The zero-order valence-electron chi connectivity index (χ0n) is 6.65. The normalized spacial score (nSPS) is 17.3. The van der Waals surface area contributed by atoms with Crippen LogP contribution in [0.3, 0.4) is 0 Å². The first kappa shape index (κ1) is 8.93. The third-order valence-electron chi connectivity index (χ3n) is 1.51. The van der Waals surface area contributed by atoms with Gasteiger partial charge in [0.05, 0.1) is 6.17 Å². The molecule has 0 heterocycles. The molecule has 56 valence electrons. The van der Waals surface area contributed by atoms with Crippen LogP contribution in [0.2, 0.25) is 0 Å². The summed E-state index contributed by atoms with van der Waals surface area (Å²) in [6.07, 6.45) is 2.45. The molecule has 0 aliphatic rings. The smallest absolute Gasteiger partial charge is 0.0976 e. The molecular formula is C8H17F. The number of rotatable bonds is 4. The van der Waals surface area contributed by atoms with E-state index in [-0.39, 0.29) is 0 Å². The number of alkyl halides is 1. The van der Waals surface area contributed by atoms with Crippen LogP contribution in [0.1, 0.15) is 40.0 Å². The quantitative estimate of drug-likeness (QED) is 0.551. The third-order valence-corrected chi connectivity index (χ3v) is 1.51. The van der Waals surface area contributed by atoms with Crippen LogP contribution < -0.4 is 0 Å². The molecule has 0 rings (SSSR count). The fourth-order valence-corrected chi connectivity index (χ4v) is 1.17. The minimum absolute atomic E-state index is 0.565. The van der Waals surface area contributed by atoms with E-state index in [9.17, 15) is 4.39 Å². The first-order chi connectivity index (χ1) is 4.16. The van der Waals surface area contributed by atoms with Crippen molar-refractivity contribution >= 4 is 0 Å². The van der Waals surface area contributed by atoms with Crippen molar-refractivity contribution in [2.24, 2.45) is 5.92 Å². The molecule has 0 aliphatic carbocycles. The predicted molar refractivity (Wildman–Crippen MR) is 39.3 cm³/mol. The molecule has 0 aromatic carbocycles. The third kappa shape index (κ3) is 5.81. The van der Waals surface area contributed by atoms with E-state index >= 15 is 0 Å². The Hall–Kier alpha value is -0.0700. The zero-order valence-corrected chi connectivity index (χ0v) is 6.65. The Balaban J connectivity index is 3.15. The zero-order chi connectivity index (χ0) is 7.28. The summed E-state index contributed by atoms with van der Waals surface area (Å²) in [5.74, 6) is 0.565. The van der Waals surface area contributed by atoms with Crippen molar-refractivity contribution in [3.8, 4) is 0 Å². The molecule has 0 spiro atoms. The maximum Gasteiger partial charge on any atom is 0.0976 e. The Bertz CT molecular complexity index is 59.6. The Labute approximate surface area is 57.5 Å². The maximum absolute atomic E-state index is 12.3. The lowest BCUT2D eigenvalue weighted by Gasteiger charge is -2.09. The Kier molecular flexibility index (Phi) is 4.74. The molecule has 0 nitrogen and oxygen atoms in total. The van der Waals surface area contributed by atoms with E-state index < -0.39 is 6.17 Å². The summed E-state index contributed by atoms with van der Waals surface area (Å²) in [6, 6.07) is 0. The van der Waals surface area contributed by atoms with Crippen LogP contribution in [-0.2, 0) is 0 Å². The standard InChI is InChI=1S/C8H17F/c1-4-5-7(2)6-8(3)9/h7-8H,4-6H2,1-3H3. The minimum Gasteiger partial charge on any atom is -0.248 e. The first-order valence-corrected chi connectivity index (χ1v) is 3.80. The van der Waals surface area contributed by atoms with Gasteiger partial charge in [-0.05, 0) is 19.3 Å². The van der Waals surface area contributed by atoms with Gasteiger partial charge in [-0.1, -0.05) is 26.7 Å². The van der Waals surface area contributed by atoms with Crippen molar-refractivity contribution in [2.75, 3.05) is 0 Å². The van der Waals surface area contributed by atoms with Gasteiger partial charge in [0.25, 0.3) is 0 Å². The van der Waals surface area contributed by atoms with Crippen molar-refractivity contribution in [3.05, 3.63) is 0 Å². The molecule has 0 bridgehead atoms.